The second-order valence-electron chi connectivity index (χ2n) is 3.94. The zero-order valence-electron chi connectivity index (χ0n) is 8.47. The van der Waals surface area contributed by atoms with E-state index >= 15 is 0 Å². The number of aromatic nitrogens is 3. The maximum atomic E-state index is 10.7. The fourth-order valence-corrected chi connectivity index (χ4v) is 1.36. The molecule has 1 aliphatic rings. The molecule has 82 valence electrons. The van der Waals surface area contributed by atoms with Crippen LogP contribution in [-0.2, 0) is 11.3 Å². The number of amides is 1. The SMILES string of the molecule is NC(=O)C(N)CCn1cnc(C2CC2)n1. The summed E-state index contributed by atoms with van der Waals surface area (Å²) < 4.78 is 1.72. The molecule has 15 heavy (non-hydrogen) atoms. The molecular weight excluding hydrogens is 194 g/mol. The third kappa shape index (κ3) is 2.53. The molecule has 0 radical (unpaired) electrons. The van der Waals surface area contributed by atoms with Crippen LogP contribution in [0.25, 0.3) is 0 Å². The van der Waals surface area contributed by atoms with Gasteiger partial charge in [-0.05, 0) is 19.3 Å². The van der Waals surface area contributed by atoms with Gasteiger partial charge in [0.2, 0.25) is 5.91 Å². The Morgan fingerprint density at radius 3 is 3.00 bits per heavy atom. The van der Waals surface area contributed by atoms with E-state index < -0.39 is 11.9 Å². The number of carbonyl (C=O) groups excluding carboxylic acids is 1. The van der Waals surface area contributed by atoms with Crippen LogP contribution in [0.4, 0.5) is 0 Å². The minimum Gasteiger partial charge on any atom is -0.368 e. The predicted octanol–water partition coefficient (Wildman–Crippen LogP) is -0.642. The van der Waals surface area contributed by atoms with Crippen molar-refractivity contribution in [1.82, 2.24) is 14.8 Å². The van der Waals surface area contributed by atoms with E-state index in [2.05, 4.69) is 10.1 Å². The Kier molecular flexibility index (Phi) is 2.68. The quantitative estimate of drug-likeness (QED) is 0.673. The Morgan fingerprint density at radius 2 is 2.40 bits per heavy atom. The van der Waals surface area contributed by atoms with Gasteiger partial charge in [-0.15, -0.1) is 0 Å². The molecule has 1 aromatic heterocycles. The van der Waals surface area contributed by atoms with Crippen molar-refractivity contribution in [1.29, 1.82) is 0 Å². The van der Waals surface area contributed by atoms with E-state index in [1.54, 1.807) is 11.0 Å². The summed E-state index contributed by atoms with van der Waals surface area (Å²) in [6.45, 7) is 0.587. The monoisotopic (exact) mass is 209 g/mol. The van der Waals surface area contributed by atoms with Gasteiger partial charge in [-0.2, -0.15) is 5.10 Å². The molecule has 0 spiro atoms. The van der Waals surface area contributed by atoms with Gasteiger partial charge in [-0.1, -0.05) is 0 Å². The van der Waals surface area contributed by atoms with Crippen LogP contribution in [0.1, 0.15) is 31.0 Å². The molecule has 1 aliphatic carbocycles. The van der Waals surface area contributed by atoms with Crippen molar-refractivity contribution < 1.29 is 4.79 Å². The van der Waals surface area contributed by atoms with Gasteiger partial charge < -0.3 is 11.5 Å². The summed E-state index contributed by atoms with van der Waals surface area (Å²) in [4.78, 5) is 14.9. The first-order valence-electron chi connectivity index (χ1n) is 5.11. The van der Waals surface area contributed by atoms with Crippen molar-refractivity contribution in [2.45, 2.75) is 37.8 Å². The van der Waals surface area contributed by atoms with Gasteiger partial charge in [-0.25, -0.2) is 4.98 Å². The molecule has 1 aromatic rings. The Morgan fingerprint density at radius 1 is 1.67 bits per heavy atom. The summed E-state index contributed by atoms with van der Waals surface area (Å²) in [5.74, 6) is 0.983. The summed E-state index contributed by atoms with van der Waals surface area (Å²) in [6.07, 6.45) is 4.56. The topological polar surface area (TPSA) is 99.8 Å². The summed E-state index contributed by atoms with van der Waals surface area (Å²) in [5.41, 5.74) is 10.6. The minimum absolute atomic E-state index is 0.475. The van der Waals surface area contributed by atoms with Gasteiger partial charge in [0.25, 0.3) is 0 Å². The molecule has 1 fully saturated rings. The van der Waals surface area contributed by atoms with E-state index in [-0.39, 0.29) is 0 Å². The van der Waals surface area contributed by atoms with Gasteiger partial charge in [0.15, 0.2) is 5.82 Å². The zero-order valence-corrected chi connectivity index (χ0v) is 8.47. The molecule has 6 heteroatoms. The molecule has 0 bridgehead atoms. The molecule has 0 aliphatic heterocycles. The van der Waals surface area contributed by atoms with Crippen LogP contribution in [0, 0.1) is 0 Å². The van der Waals surface area contributed by atoms with Crippen LogP contribution in [0.15, 0.2) is 6.33 Å². The molecule has 0 saturated heterocycles. The molecular formula is C9H15N5O. The molecule has 6 nitrogen and oxygen atoms in total. The number of primary amides is 1. The van der Waals surface area contributed by atoms with Gasteiger partial charge in [0.1, 0.15) is 6.33 Å². The molecule has 1 atom stereocenters. The fraction of sp³-hybridized carbons (Fsp3) is 0.667. The average Bonchev–Trinajstić information content (AvgIpc) is 2.95. The Bertz CT molecular complexity index is 357. The molecule has 1 amide bonds. The minimum atomic E-state index is -0.599. The smallest absolute Gasteiger partial charge is 0.234 e. The Hall–Kier alpha value is -1.43. The van der Waals surface area contributed by atoms with Crippen molar-refractivity contribution in [2.75, 3.05) is 0 Å². The van der Waals surface area contributed by atoms with Crippen LogP contribution in [0.5, 0.6) is 0 Å². The van der Waals surface area contributed by atoms with Gasteiger partial charge in [-0.3, -0.25) is 9.48 Å². The van der Waals surface area contributed by atoms with Crippen LogP contribution >= 0.6 is 0 Å². The summed E-state index contributed by atoms with van der Waals surface area (Å²) in [7, 11) is 0. The van der Waals surface area contributed by atoms with E-state index in [9.17, 15) is 4.79 Å². The van der Waals surface area contributed by atoms with Crippen LogP contribution in [0.2, 0.25) is 0 Å². The van der Waals surface area contributed by atoms with Crippen molar-refractivity contribution >= 4 is 5.91 Å². The molecule has 1 heterocycles. The molecule has 2 rings (SSSR count). The maximum absolute atomic E-state index is 10.7. The normalized spacial score (nSPS) is 17.7. The van der Waals surface area contributed by atoms with Crippen molar-refractivity contribution in [3.05, 3.63) is 12.2 Å². The summed E-state index contributed by atoms with van der Waals surface area (Å²) in [5, 5.41) is 4.30. The van der Waals surface area contributed by atoms with E-state index in [1.165, 1.54) is 12.8 Å². The zero-order chi connectivity index (χ0) is 10.8. The first-order valence-corrected chi connectivity index (χ1v) is 5.11. The number of carbonyl (C=O) groups is 1. The third-order valence-corrected chi connectivity index (χ3v) is 2.53. The van der Waals surface area contributed by atoms with Crippen molar-refractivity contribution in [3.8, 4) is 0 Å². The Balaban J connectivity index is 1.85. The maximum Gasteiger partial charge on any atom is 0.234 e. The highest BCUT2D eigenvalue weighted by Crippen LogP contribution is 2.37. The number of hydrogen-bond donors (Lipinski definition) is 2. The summed E-state index contributed by atoms with van der Waals surface area (Å²) >= 11 is 0. The number of hydrogen-bond acceptors (Lipinski definition) is 4. The predicted molar refractivity (Wildman–Crippen MR) is 53.8 cm³/mol. The van der Waals surface area contributed by atoms with Crippen LogP contribution in [0.3, 0.4) is 0 Å². The highest BCUT2D eigenvalue weighted by molar-refractivity contribution is 5.79. The highest BCUT2D eigenvalue weighted by atomic mass is 16.1. The molecule has 4 N–H and O–H groups in total. The standard InChI is InChI=1S/C9H15N5O/c10-7(8(11)15)3-4-14-5-12-9(13-14)6-1-2-6/h5-7H,1-4,10H2,(H2,11,15). The van der Waals surface area contributed by atoms with Crippen LogP contribution in [-0.4, -0.2) is 26.7 Å². The van der Waals surface area contributed by atoms with E-state index in [1.807, 2.05) is 0 Å². The van der Waals surface area contributed by atoms with Gasteiger partial charge in [0, 0.05) is 12.5 Å². The van der Waals surface area contributed by atoms with E-state index in [4.69, 9.17) is 11.5 Å². The third-order valence-electron chi connectivity index (χ3n) is 2.53. The lowest BCUT2D eigenvalue weighted by atomic mass is 10.2. The molecule has 1 unspecified atom stereocenters. The summed E-state index contributed by atoms with van der Waals surface area (Å²) in [6, 6.07) is -0.599. The lowest BCUT2D eigenvalue weighted by Crippen LogP contribution is -2.37. The fourth-order valence-electron chi connectivity index (χ4n) is 1.36. The van der Waals surface area contributed by atoms with Crippen molar-refractivity contribution in [2.24, 2.45) is 11.5 Å². The van der Waals surface area contributed by atoms with Gasteiger partial charge >= 0.3 is 0 Å². The first kappa shape index (κ1) is 10.1. The second-order valence-corrected chi connectivity index (χ2v) is 3.94. The molecule has 0 aromatic carbocycles. The average molecular weight is 209 g/mol. The van der Waals surface area contributed by atoms with E-state index in [0.29, 0.717) is 18.9 Å². The lowest BCUT2D eigenvalue weighted by Gasteiger charge is -2.05. The number of nitrogens with zero attached hydrogens (tertiary/aromatic N) is 3. The lowest BCUT2D eigenvalue weighted by molar-refractivity contribution is -0.119. The number of nitrogens with two attached hydrogens (primary N) is 2. The van der Waals surface area contributed by atoms with Crippen molar-refractivity contribution in [3.63, 3.8) is 0 Å². The first-order chi connectivity index (χ1) is 7.16. The van der Waals surface area contributed by atoms with Gasteiger partial charge in [0.05, 0.1) is 6.04 Å². The second kappa shape index (κ2) is 3.98. The number of aryl methyl sites for hydroxylation is 1. The van der Waals surface area contributed by atoms with E-state index in [0.717, 1.165) is 5.82 Å². The highest BCUT2D eigenvalue weighted by Gasteiger charge is 2.27. The largest absolute Gasteiger partial charge is 0.368 e. The molecule has 1 saturated carbocycles. The Labute approximate surface area is 87.6 Å². The number of rotatable bonds is 5. The van der Waals surface area contributed by atoms with Crippen LogP contribution < -0.4 is 11.5 Å².